The summed E-state index contributed by atoms with van der Waals surface area (Å²) in [6, 6.07) is 0.365. The minimum Gasteiger partial charge on any atom is -0.330 e. The molecule has 0 unspecified atom stereocenters. The van der Waals surface area contributed by atoms with E-state index < -0.39 is 88.0 Å². The van der Waals surface area contributed by atoms with E-state index in [0.717, 1.165) is 0 Å². The second-order valence-corrected chi connectivity index (χ2v) is 6.24. The Kier molecular flexibility index (Phi) is 8.22. The molecule has 0 saturated heterocycles. The molecule has 0 heterocycles. The van der Waals surface area contributed by atoms with E-state index in [9.17, 15) is 71.9 Å². The molecule has 0 radical (unpaired) electrons. The molecule has 1 aromatic rings. The van der Waals surface area contributed by atoms with Crippen molar-refractivity contribution in [2.75, 3.05) is 16.3 Å². The highest BCUT2D eigenvalue weighted by Crippen LogP contribution is 2.39. The predicted molar refractivity (Wildman–Crippen MR) is 88.4 cm³/mol. The number of rotatable bonds is 4. The lowest BCUT2D eigenvalue weighted by Crippen LogP contribution is -2.53. The molecular weight excluding hydrogens is 526 g/mol. The van der Waals surface area contributed by atoms with Gasteiger partial charge < -0.3 is 5.73 Å². The van der Waals surface area contributed by atoms with Gasteiger partial charge in [-0.2, -0.15) is 52.7 Å². The number of carbonyl (C=O) groups is 4. The summed E-state index contributed by atoms with van der Waals surface area (Å²) in [4.78, 5) is 42.8. The number of nitrogens with zero attached hydrogens (tertiary/aromatic N) is 2. The quantitative estimate of drug-likeness (QED) is 0.598. The molecule has 0 aromatic heterocycles. The van der Waals surface area contributed by atoms with Gasteiger partial charge in [-0.1, -0.05) is 6.07 Å². The number of halogens is 12. The first-order valence-electron chi connectivity index (χ1n) is 8.43. The molecular formula is C16H9F12N3O4. The average molecular weight is 535 g/mol. The highest BCUT2D eigenvalue weighted by molar-refractivity contribution is 6.25. The van der Waals surface area contributed by atoms with Crippen molar-refractivity contribution in [2.45, 2.75) is 31.1 Å². The van der Waals surface area contributed by atoms with E-state index in [1.807, 2.05) is 0 Å². The van der Waals surface area contributed by atoms with Crippen LogP contribution in [0.25, 0.3) is 0 Å². The number of alkyl halides is 12. The number of hydrogen-bond donors (Lipinski definition) is 1. The van der Waals surface area contributed by atoms with Crippen molar-refractivity contribution in [1.29, 1.82) is 0 Å². The van der Waals surface area contributed by atoms with Gasteiger partial charge in [0.25, 0.3) is 0 Å². The third-order valence-corrected chi connectivity index (χ3v) is 3.74. The van der Waals surface area contributed by atoms with Gasteiger partial charge in [0.1, 0.15) is 0 Å². The van der Waals surface area contributed by atoms with Crippen LogP contribution in [0.5, 0.6) is 0 Å². The smallest absolute Gasteiger partial charge is 0.330 e. The summed E-state index contributed by atoms with van der Waals surface area (Å²) in [7, 11) is 0. The van der Waals surface area contributed by atoms with Crippen molar-refractivity contribution < 1.29 is 71.9 Å². The fraction of sp³-hybridized carbons (Fsp3) is 0.375. The molecule has 35 heavy (non-hydrogen) atoms. The first-order chi connectivity index (χ1) is 15.5. The van der Waals surface area contributed by atoms with Crippen molar-refractivity contribution in [3.05, 3.63) is 23.8 Å². The normalized spacial score (nSPS) is 12.8. The van der Waals surface area contributed by atoms with Crippen molar-refractivity contribution in [3.8, 4) is 0 Å². The van der Waals surface area contributed by atoms with Crippen LogP contribution in [-0.2, 0) is 25.6 Å². The van der Waals surface area contributed by atoms with Crippen molar-refractivity contribution >= 4 is 35.0 Å². The van der Waals surface area contributed by atoms with Crippen LogP contribution in [0, 0.1) is 0 Å². The third kappa shape index (κ3) is 6.83. The number of nitrogens with two attached hydrogens (primary N) is 1. The van der Waals surface area contributed by atoms with Crippen LogP contribution in [0.4, 0.5) is 64.1 Å². The predicted octanol–water partition coefficient (Wildman–Crippen LogP) is 3.16. The monoisotopic (exact) mass is 535 g/mol. The third-order valence-electron chi connectivity index (χ3n) is 3.74. The fourth-order valence-corrected chi connectivity index (χ4v) is 2.39. The molecule has 0 aliphatic heterocycles. The maximum absolute atomic E-state index is 13.0. The number of imide groups is 2. The fourth-order valence-electron chi connectivity index (χ4n) is 2.39. The van der Waals surface area contributed by atoms with Crippen LogP contribution in [0.15, 0.2) is 18.2 Å². The Morgan fingerprint density at radius 2 is 0.914 bits per heavy atom. The van der Waals surface area contributed by atoms with Gasteiger partial charge in [-0.3, -0.25) is 19.2 Å². The van der Waals surface area contributed by atoms with Crippen LogP contribution in [0.2, 0.25) is 0 Å². The molecule has 1 rings (SSSR count). The Hall–Kier alpha value is -3.38. The minimum atomic E-state index is -6.34. The van der Waals surface area contributed by atoms with Crippen LogP contribution in [0.3, 0.4) is 0 Å². The van der Waals surface area contributed by atoms with Gasteiger partial charge in [0, 0.05) is 0 Å². The topological polar surface area (TPSA) is 101 Å². The van der Waals surface area contributed by atoms with E-state index in [1.165, 1.54) is 0 Å². The molecule has 0 aliphatic carbocycles. The summed E-state index contributed by atoms with van der Waals surface area (Å²) in [5.41, 5.74) is 0.173. The zero-order valence-electron chi connectivity index (χ0n) is 16.3. The van der Waals surface area contributed by atoms with Gasteiger partial charge >= 0.3 is 48.3 Å². The summed E-state index contributed by atoms with van der Waals surface area (Å²) >= 11 is 0. The molecule has 19 heteroatoms. The molecule has 2 N–H and O–H groups in total. The standard InChI is InChI=1S/C16H9F12N3O4/c17-13(18,19)9(32)30(10(33)14(20,21)22)7-2-1-6(3-4-29)5-8(7)31(11(34)15(23,24)25)12(35)16(26,27)28/h1-2,5H,3-4,29H2. The highest BCUT2D eigenvalue weighted by atomic mass is 19.4. The van der Waals surface area contributed by atoms with Gasteiger partial charge in [0.05, 0.1) is 11.4 Å². The SMILES string of the molecule is NCCc1ccc(N(C(=O)C(F)(F)F)C(=O)C(F)(F)F)c(N(C(=O)C(F)(F)F)C(=O)C(F)(F)F)c1. The summed E-state index contributed by atoms with van der Waals surface area (Å²) in [6.45, 7) is -0.439. The maximum atomic E-state index is 13.0. The Bertz CT molecular complexity index is 959. The molecule has 196 valence electrons. The number of anilines is 2. The summed E-state index contributed by atoms with van der Waals surface area (Å²) in [6.07, 6.45) is -25.8. The Morgan fingerprint density at radius 1 is 0.600 bits per heavy atom. The molecule has 4 amide bonds. The lowest BCUT2D eigenvalue weighted by atomic mass is 10.1. The second kappa shape index (κ2) is 9.70. The van der Waals surface area contributed by atoms with E-state index in [1.54, 1.807) is 0 Å². The molecule has 0 aliphatic rings. The maximum Gasteiger partial charge on any atom is 0.472 e. The van der Waals surface area contributed by atoms with Gasteiger partial charge in [-0.15, -0.1) is 0 Å². The molecule has 0 atom stereocenters. The number of carbonyl (C=O) groups excluding carboxylic acids is 4. The Morgan fingerprint density at radius 3 is 1.20 bits per heavy atom. The van der Waals surface area contributed by atoms with E-state index >= 15 is 0 Å². The first-order valence-corrected chi connectivity index (χ1v) is 8.43. The zero-order chi connectivity index (χ0) is 27.7. The Balaban J connectivity index is 4.16. The van der Waals surface area contributed by atoms with Gasteiger partial charge in [-0.25, -0.2) is 9.80 Å². The largest absolute Gasteiger partial charge is 0.472 e. The minimum absolute atomic E-state index is 0.0320. The molecule has 7 nitrogen and oxygen atoms in total. The number of benzene rings is 1. The molecule has 0 saturated carbocycles. The van der Waals surface area contributed by atoms with Gasteiger partial charge in [0.15, 0.2) is 0 Å². The molecule has 0 spiro atoms. The highest BCUT2D eigenvalue weighted by Gasteiger charge is 2.56. The molecule has 1 aromatic carbocycles. The summed E-state index contributed by atoms with van der Waals surface area (Å²) < 4.78 is 155. The van der Waals surface area contributed by atoms with E-state index in [-0.39, 0.29) is 12.1 Å². The van der Waals surface area contributed by atoms with Crippen molar-refractivity contribution in [2.24, 2.45) is 5.73 Å². The van der Waals surface area contributed by atoms with Gasteiger partial charge in [0.2, 0.25) is 0 Å². The summed E-state index contributed by atoms with van der Waals surface area (Å²) in [5.74, 6) is -14.8. The lowest BCUT2D eigenvalue weighted by molar-refractivity contribution is -0.182. The van der Waals surface area contributed by atoms with Crippen LogP contribution in [0.1, 0.15) is 5.56 Å². The summed E-state index contributed by atoms with van der Waals surface area (Å²) in [5, 5.41) is 0. The number of hydrogen-bond acceptors (Lipinski definition) is 5. The average Bonchev–Trinajstić information content (AvgIpc) is 2.66. The van der Waals surface area contributed by atoms with Crippen molar-refractivity contribution in [1.82, 2.24) is 0 Å². The molecule has 0 bridgehead atoms. The zero-order valence-corrected chi connectivity index (χ0v) is 16.3. The van der Waals surface area contributed by atoms with Gasteiger partial charge in [-0.05, 0) is 30.7 Å². The van der Waals surface area contributed by atoms with Crippen LogP contribution >= 0.6 is 0 Å². The van der Waals surface area contributed by atoms with Crippen LogP contribution in [-0.4, -0.2) is 54.9 Å². The van der Waals surface area contributed by atoms with E-state index in [0.29, 0.717) is 6.07 Å². The molecule has 0 fully saturated rings. The Labute approximate surface area is 185 Å². The number of amides is 4. The van der Waals surface area contributed by atoms with E-state index in [4.69, 9.17) is 5.73 Å². The van der Waals surface area contributed by atoms with Crippen molar-refractivity contribution in [3.63, 3.8) is 0 Å². The van der Waals surface area contributed by atoms with Crippen LogP contribution < -0.4 is 15.5 Å². The second-order valence-electron chi connectivity index (χ2n) is 6.24. The first kappa shape index (κ1) is 29.7. The van der Waals surface area contributed by atoms with E-state index in [2.05, 4.69) is 0 Å². The lowest BCUT2D eigenvalue weighted by Gasteiger charge is -2.30.